The minimum atomic E-state index is -1.23. The van der Waals surface area contributed by atoms with Gasteiger partial charge in [-0.25, -0.2) is 0 Å². The second-order valence-electron chi connectivity index (χ2n) is 7.74. The Hall–Kier alpha value is -3.60. The molecule has 0 N–H and O–H groups in total. The van der Waals surface area contributed by atoms with Gasteiger partial charge in [-0.1, -0.05) is 54.1 Å². The molecule has 3 aromatic rings. The van der Waals surface area contributed by atoms with Crippen molar-refractivity contribution in [1.29, 1.82) is 0 Å². The number of aliphatic imine (C=N–C) groups is 1. The highest BCUT2D eigenvalue weighted by Gasteiger charge is 2.54. The van der Waals surface area contributed by atoms with Crippen molar-refractivity contribution in [2.24, 2.45) is 4.99 Å². The predicted molar refractivity (Wildman–Crippen MR) is 123 cm³/mol. The lowest BCUT2D eigenvalue weighted by molar-refractivity contribution is -0.547. The summed E-state index contributed by atoms with van der Waals surface area (Å²) in [5, 5.41) is 14.0. The van der Waals surface area contributed by atoms with Crippen LogP contribution in [0.5, 0.6) is 0 Å². The van der Waals surface area contributed by atoms with Gasteiger partial charge in [0, 0.05) is 25.3 Å². The highest BCUT2D eigenvalue weighted by atomic mass is 16.5. The molecule has 1 atom stereocenters. The molecule has 5 heteroatoms. The predicted octanol–water partition coefficient (Wildman–Crippen LogP) is 4.22. The first-order valence-corrected chi connectivity index (χ1v) is 10.0. The van der Waals surface area contributed by atoms with Crippen LogP contribution in [0.25, 0.3) is 0 Å². The topological polar surface area (TPSA) is 44.9 Å². The summed E-state index contributed by atoms with van der Waals surface area (Å²) in [6.07, 6.45) is 1.71. The van der Waals surface area contributed by atoms with E-state index in [2.05, 4.69) is 4.90 Å². The Morgan fingerprint density at radius 2 is 1.53 bits per heavy atom. The van der Waals surface area contributed by atoms with Crippen LogP contribution < -0.4 is 4.90 Å². The second-order valence-corrected chi connectivity index (χ2v) is 7.74. The van der Waals surface area contributed by atoms with E-state index in [0.29, 0.717) is 12.3 Å². The number of benzene rings is 3. The summed E-state index contributed by atoms with van der Waals surface area (Å²) in [5.74, 6) is -1.23. The maximum Gasteiger partial charge on any atom is 0.378 e. The van der Waals surface area contributed by atoms with Gasteiger partial charge < -0.3 is 10.1 Å². The van der Waals surface area contributed by atoms with Gasteiger partial charge in [0.15, 0.2) is 0 Å². The van der Waals surface area contributed by atoms with Crippen LogP contribution in [0.1, 0.15) is 16.7 Å². The first kappa shape index (κ1) is 19.7. The van der Waals surface area contributed by atoms with E-state index in [1.807, 2.05) is 111 Å². The third-order valence-electron chi connectivity index (χ3n) is 5.30. The maximum atomic E-state index is 14.0. The van der Waals surface area contributed by atoms with E-state index in [1.165, 1.54) is 0 Å². The van der Waals surface area contributed by atoms with Crippen LogP contribution in [0.15, 0.2) is 89.9 Å². The lowest BCUT2D eigenvalue weighted by atomic mass is 10.1. The molecule has 0 bridgehead atoms. The van der Waals surface area contributed by atoms with Crippen LogP contribution in [0.4, 0.5) is 5.69 Å². The van der Waals surface area contributed by atoms with E-state index in [1.54, 1.807) is 6.34 Å². The van der Waals surface area contributed by atoms with E-state index in [-0.39, 0.29) is 0 Å². The average Bonchev–Trinajstić information content (AvgIpc) is 3.07. The minimum absolute atomic E-state index is 0.455. The second kappa shape index (κ2) is 8.03. The molecular formula is C25H26N4O. The van der Waals surface area contributed by atoms with Crippen LogP contribution >= 0.6 is 0 Å². The third-order valence-corrected chi connectivity index (χ3v) is 5.30. The molecule has 1 aliphatic heterocycles. The molecule has 0 fully saturated rings. The molecule has 1 aliphatic rings. The van der Waals surface area contributed by atoms with Crippen molar-refractivity contribution in [2.75, 3.05) is 25.5 Å². The zero-order chi connectivity index (χ0) is 21.1. The minimum Gasteiger partial charge on any atom is -0.620 e. The molecule has 0 saturated heterocycles. The molecule has 30 heavy (non-hydrogen) atoms. The Kier molecular flexibility index (Phi) is 5.27. The molecule has 0 saturated carbocycles. The van der Waals surface area contributed by atoms with Gasteiger partial charge in [0.25, 0.3) is 0 Å². The van der Waals surface area contributed by atoms with Gasteiger partial charge in [-0.15, -0.1) is 0 Å². The highest BCUT2D eigenvalue weighted by molar-refractivity contribution is 6.01. The zero-order valence-corrected chi connectivity index (χ0v) is 17.6. The van der Waals surface area contributed by atoms with E-state index < -0.39 is 5.79 Å². The molecule has 0 amide bonds. The smallest absolute Gasteiger partial charge is 0.378 e. The quantitative estimate of drug-likeness (QED) is 0.280. The van der Waals surface area contributed by atoms with Gasteiger partial charge in [-0.05, 0) is 43.3 Å². The number of nitrogens with zero attached hydrogens (tertiary/aromatic N) is 4. The molecule has 1 unspecified atom stereocenters. The fraction of sp³-hybridized carbons (Fsp3) is 0.200. The van der Waals surface area contributed by atoms with E-state index in [0.717, 1.165) is 27.1 Å². The van der Waals surface area contributed by atoms with Gasteiger partial charge in [0.1, 0.15) is 6.54 Å². The van der Waals surface area contributed by atoms with Crippen molar-refractivity contribution in [3.8, 4) is 0 Å². The van der Waals surface area contributed by atoms with Gasteiger partial charge in [0.2, 0.25) is 5.71 Å². The maximum absolute atomic E-state index is 14.0. The number of hydroxylamine groups is 1. The summed E-state index contributed by atoms with van der Waals surface area (Å²) < 4.78 is 1.07. The lowest BCUT2D eigenvalue weighted by Gasteiger charge is -2.33. The third kappa shape index (κ3) is 3.43. The van der Waals surface area contributed by atoms with Crippen LogP contribution in [-0.4, -0.2) is 42.3 Å². The number of para-hydroxylation sites is 1. The summed E-state index contributed by atoms with van der Waals surface area (Å²) in [6.45, 7) is 2.50. The SMILES string of the molecule is Cc1ccc(C2=[N+]([O-])C(/N=C\N(C)C)(c3ccccc3)N(c3ccccc3)C2)cc1. The first-order chi connectivity index (χ1) is 14.5. The van der Waals surface area contributed by atoms with Crippen molar-refractivity contribution < 1.29 is 4.74 Å². The van der Waals surface area contributed by atoms with Crippen molar-refractivity contribution in [2.45, 2.75) is 12.7 Å². The van der Waals surface area contributed by atoms with Gasteiger partial charge in [-0.2, -0.15) is 9.73 Å². The molecule has 3 aromatic carbocycles. The fourth-order valence-corrected chi connectivity index (χ4v) is 3.78. The fourth-order valence-electron chi connectivity index (χ4n) is 3.78. The number of aryl methyl sites for hydroxylation is 1. The summed E-state index contributed by atoms with van der Waals surface area (Å²) in [7, 11) is 3.81. The monoisotopic (exact) mass is 398 g/mol. The molecule has 4 rings (SSSR count). The summed E-state index contributed by atoms with van der Waals surface area (Å²) in [4.78, 5) is 8.80. The Bertz CT molecular complexity index is 1060. The van der Waals surface area contributed by atoms with E-state index >= 15 is 0 Å². The first-order valence-electron chi connectivity index (χ1n) is 10.0. The molecule has 1 heterocycles. The zero-order valence-electron chi connectivity index (χ0n) is 17.6. The van der Waals surface area contributed by atoms with Gasteiger partial charge in [-0.3, -0.25) is 4.90 Å². The molecular weight excluding hydrogens is 372 g/mol. The van der Waals surface area contributed by atoms with Crippen molar-refractivity contribution in [3.63, 3.8) is 0 Å². The number of anilines is 1. The normalized spacial score (nSPS) is 19.0. The Morgan fingerprint density at radius 3 is 2.13 bits per heavy atom. The Morgan fingerprint density at radius 1 is 0.933 bits per heavy atom. The van der Waals surface area contributed by atoms with Crippen molar-refractivity contribution in [3.05, 3.63) is 107 Å². The molecule has 0 radical (unpaired) electrons. The summed E-state index contributed by atoms with van der Waals surface area (Å²) >= 11 is 0. The van der Waals surface area contributed by atoms with Crippen molar-refractivity contribution >= 4 is 17.7 Å². The van der Waals surface area contributed by atoms with Crippen LogP contribution in [0, 0.1) is 12.1 Å². The summed E-state index contributed by atoms with van der Waals surface area (Å²) in [6, 6.07) is 27.9. The van der Waals surface area contributed by atoms with Crippen LogP contribution in [0.3, 0.4) is 0 Å². The largest absolute Gasteiger partial charge is 0.620 e. The summed E-state index contributed by atoms with van der Waals surface area (Å²) in [5.41, 5.74) is 4.53. The molecule has 0 aromatic heterocycles. The van der Waals surface area contributed by atoms with Crippen molar-refractivity contribution in [1.82, 2.24) is 4.90 Å². The van der Waals surface area contributed by atoms with E-state index in [9.17, 15) is 5.21 Å². The number of hydrogen-bond acceptors (Lipinski definition) is 3. The number of rotatable bonds is 5. The Balaban J connectivity index is 1.98. The number of hydrogen-bond donors (Lipinski definition) is 0. The van der Waals surface area contributed by atoms with Crippen LogP contribution in [0.2, 0.25) is 0 Å². The molecule has 0 aliphatic carbocycles. The van der Waals surface area contributed by atoms with Gasteiger partial charge in [0.05, 0.1) is 11.9 Å². The molecule has 5 nitrogen and oxygen atoms in total. The highest BCUT2D eigenvalue weighted by Crippen LogP contribution is 2.39. The Labute approximate surface area is 177 Å². The average molecular weight is 399 g/mol. The van der Waals surface area contributed by atoms with E-state index in [4.69, 9.17) is 4.99 Å². The lowest BCUT2D eigenvalue weighted by Crippen LogP contribution is -2.47. The molecule has 152 valence electrons. The molecule has 0 spiro atoms. The van der Waals surface area contributed by atoms with Crippen LogP contribution in [-0.2, 0) is 5.79 Å². The van der Waals surface area contributed by atoms with Gasteiger partial charge >= 0.3 is 5.79 Å². The standard InChI is InChI=1S/C25H26N4O/c1-20-14-16-21(17-15-20)24-18-28(23-12-8-5-9-13-23)25(29(24)30,26-19-27(2)3)22-10-6-4-7-11-22/h4-17,19H,18H2,1-3H3/b26-19-.